The van der Waals surface area contributed by atoms with Crippen molar-refractivity contribution in [3.05, 3.63) is 35.4 Å². The van der Waals surface area contributed by atoms with Gasteiger partial charge in [0.15, 0.2) is 0 Å². The van der Waals surface area contributed by atoms with Gasteiger partial charge < -0.3 is 15.8 Å². The van der Waals surface area contributed by atoms with Crippen molar-refractivity contribution >= 4 is 18.3 Å². The molecule has 0 spiro atoms. The zero-order valence-corrected chi connectivity index (χ0v) is 12.6. The van der Waals surface area contributed by atoms with E-state index in [-0.39, 0.29) is 30.3 Å². The third-order valence-corrected chi connectivity index (χ3v) is 3.64. The normalized spacial score (nSPS) is 21.3. The molecule has 4 nitrogen and oxygen atoms in total. The fourth-order valence-corrected chi connectivity index (χ4v) is 2.51. The molecule has 0 saturated heterocycles. The van der Waals surface area contributed by atoms with Gasteiger partial charge in [-0.1, -0.05) is 24.3 Å². The van der Waals surface area contributed by atoms with E-state index in [4.69, 9.17) is 10.5 Å². The van der Waals surface area contributed by atoms with Crippen LogP contribution in [0.1, 0.15) is 30.4 Å². The van der Waals surface area contributed by atoms with Gasteiger partial charge in [0.25, 0.3) is 0 Å². The molecule has 1 aromatic carbocycles. The van der Waals surface area contributed by atoms with Gasteiger partial charge in [0.1, 0.15) is 0 Å². The van der Waals surface area contributed by atoms with Gasteiger partial charge in [0.2, 0.25) is 5.91 Å². The number of amides is 1. The maximum absolute atomic E-state index is 11.9. The quantitative estimate of drug-likeness (QED) is 0.874. The van der Waals surface area contributed by atoms with Gasteiger partial charge in [0.05, 0.1) is 6.61 Å². The van der Waals surface area contributed by atoms with Crippen molar-refractivity contribution in [1.29, 1.82) is 0 Å². The van der Waals surface area contributed by atoms with Crippen molar-refractivity contribution in [3.8, 4) is 0 Å². The van der Waals surface area contributed by atoms with Gasteiger partial charge in [-0.05, 0) is 30.4 Å². The molecule has 2 unspecified atom stereocenters. The minimum atomic E-state index is 0. The summed E-state index contributed by atoms with van der Waals surface area (Å²) in [6, 6.07) is 8.29. The zero-order chi connectivity index (χ0) is 13.7. The number of carbonyl (C=O) groups excluding carboxylic acids is 1. The van der Waals surface area contributed by atoms with Gasteiger partial charge in [-0.25, -0.2) is 0 Å². The summed E-state index contributed by atoms with van der Waals surface area (Å²) in [5.74, 6) is 0.233. The molecule has 0 aromatic heterocycles. The number of methoxy groups -OCH3 is 1. The molecule has 0 radical (unpaired) electrons. The topological polar surface area (TPSA) is 64.3 Å². The van der Waals surface area contributed by atoms with Crippen LogP contribution >= 0.6 is 12.4 Å². The molecule has 0 aliphatic heterocycles. The van der Waals surface area contributed by atoms with E-state index in [1.165, 1.54) is 0 Å². The molecule has 0 heterocycles. The molecule has 2 rings (SSSR count). The first-order chi connectivity index (χ1) is 9.19. The second-order valence-corrected chi connectivity index (χ2v) is 5.24. The highest BCUT2D eigenvalue weighted by atomic mass is 35.5. The van der Waals surface area contributed by atoms with Gasteiger partial charge in [-0.3, -0.25) is 4.79 Å². The number of rotatable bonds is 5. The highest BCUT2D eigenvalue weighted by molar-refractivity contribution is 5.85. The van der Waals surface area contributed by atoms with Crippen LogP contribution in [0.25, 0.3) is 0 Å². The molecule has 1 amide bonds. The van der Waals surface area contributed by atoms with Crippen LogP contribution in [0.15, 0.2) is 24.3 Å². The number of hydrogen-bond acceptors (Lipinski definition) is 3. The van der Waals surface area contributed by atoms with Crippen molar-refractivity contribution in [2.24, 2.45) is 11.7 Å². The Hall–Kier alpha value is -1.10. The van der Waals surface area contributed by atoms with Crippen molar-refractivity contribution in [3.63, 3.8) is 0 Å². The van der Waals surface area contributed by atoms with Crippen LogP contribution in [0.3, 0.4) is 0 Å². The lowest BCUT2D eigenvalue weighted by molar-refractivity contribution is -0.125. The molecule has 1 aliphatic carbocycles. The van der Waals surface area contributed by atoms with Crippen molar-refractivity contribution in [2.45, 2.75) is 38.5 Å². The Balaban J connectivity index is 0.00000200. The monoisotopic (exact) mass is 298 g/mol. The molecule has 0 bridgehead atoms. The molecular formula is C15H23ClN2O2. The minimum absolute atomic E-state index is 0. The highest BCUT2D eigenvalue weighted by Crippen LogP contribution is 2.24. The molecule has 5 heteroatoms. The predicted molar refractivity (Wildman–Crippen MR) is 81.6 cm³/mol. The molecule has 112 valence electrons. The minimum Gasteiger partial charge on any atom is -0.380 e. The number of benzene rings is 1. The van der Waals surface area contributed by atoms with E-state index in [0.29, 0.717) is 13.2 Å². The Morgan fingerprint density at radius 2 is 1.95 bits per heavy atom. The Morgan fingerprint density at radius 1 is 1.30 bits per heavy atom. The number of ether oxygens (including phenoxy) is 1. The van der Waals surface area contributed by atoms with Gasteiger partial charge in [-0.2, -0.15) is 0 Å². The average molecular weight is 299 g/mol. The van der Waals surface area contributed by atoms with E-state index in [2.05, 4.69) is 5.32 Å². The lowest BCUT2D eigenvalue weighted by atomic mass is 10.1. The number of nitrogens with two attached hydrogens (primary N) is 1. The summed E-state index contributed by atoms with van der Waals surface area (Å²) in [4.78, 5) is 11.9. The molecule has 1 aromatic rings. The molecule has 2 atom stereocenters. The molecular weight excluding hydrogens is 276 g/mol. The fourth-order valence-electron chi connectivity index (χ4n) is 2.51. The maximum atomic E-state index is 11.9. The standard InChI is InChI=1S/C15H22N2O2.ClH/c1-19-10-12-4-2-11(3-5-12)9-17-15(18)13-6-7-14(16)8-13;/h2-5,13-14H,6-10,16H2,1H3,(H,17,18);1H. The first kappa shape index (κ1) is 17.0. The Bertz CT molecular complexity index is 422. The van der Waals surface area contributed by atoms with Crippen LogP contribution in [-0.4, -0.2) is 19.1 Å². The van der Waals surface area contributed by atoms with Crippen molar-refractivity contribution in [2.75, 3.05) is 7.11 Å². The number of nitrogens with one attached hydrogen (secondary N) is 1. The van der Waals surface area contributed by atoms with E-state index in [1.54, 1.807) is 7.11 Å². The van der Waals surface area contributed by atoms with Crippen LogP contribution < -0.4 is 11.1 Å². The third-order valence-electron chi connectivity index (χ3n) is 3.64. The molecule has 3 N–H and O–H groups in total. The van der Waals surface area contributed by atoms with Crippen molar-refractivity contribution in [1.82, 2.24) is 5.32 Å². The summed E-state index contributed by atoms with van der Waals surface area (Å²) >= 11 is 0. The summed E-state index contributed by atoms with van der Waals surface area (Å²) in [6.07, 6.45) is 2.70. The fraction of sp³-hybridized carbons (Fsp3) is 0.533. The number of halogens is 1. The van der Waals surface area contributed by atoms with Crippen LogP contribution in [0.4, 0.5) is 0 Å². The summed E-state index contributed by atoms with van der Waals surface area (Å²) in [5.41, 5.74) is 8.07. The van der Waals surface area contributed by atoms with Gasteiger partial charge in [-0.15, -0.1) is 12.4 Å². The van der Waals surface area contributed by atoms with E-state index >= 15 is 0 Å². The zero-order valence-electron chi connectivity index (χ0n) is 11.8. The van der Waals surface area contributed by atoms with Crippen LogP contribution in [0.2, 0.25) is 0 Å². The van der Waals surface area contributed by atoms with Crippen LogP contribution in [-0.2, 0) is 22.7 Å². The second-order valence-electron chi connectivity index (χ2n) is 5.24. The Kier molecular flexibility index (Phi) is 6.99. The first-order valence-electron chi connectivity index (χ1n) is 6.79. The van der Waals surface area contributed by atoms with E-state index in [9.17, 15) is 4.79 Å². The Morgan fingerprint density at radius 3 is 2.50 bits per heavy atom. The van der Waals surface area contributed by atoms with E-state index < -0.39 is 0 Å². The number of carbonyl (C=O) groups is 1. The smallest absolute Gasteiger partial charge is 0.223 e. The van der Waals surface area contributed by atoms with Crippen molar-refractivity contribution < 1.29 is 9.53 Å². The van der Waals surface area contributed by atoms with E-state index in [0.717, 1.165) is 30.4 Å². The second kappa shape index (κ2) is 8.25. The maximum Gasteiger partial charge on any atom is 0.223 e. The SMILES string of the molecule is COCc1ccc(CNC(=O)C2CCC(N)C2)cc1.Cl. The van der Waals surface area contributed by atoms with Gasteiger partial charge in [0, 0.05) is 25.6 Å². The first-order valence-corrected chi connectivity index (χ1v) is 6.79. The molecule has 1 saturated carbocycles. The summed E-state index contributed by atoms with van der Waals surface area (Å²) in [5, 5.41) is 2.99. The highest BCUT2D eigenvalue weighted by Gasteiger charge is 2.27. The predicted octanol–water partition coefficient (Wildman–Crippen LogP) is 2.00. The summed E-state index contributed by atoms with van der Waals surface area (Å²) in [6.45, 7) is 1.20. The molecule has 1 aliphatic rings. The van der Waals surface area contributed by atoms with Crippen LogP contribution in [0, 0.1) is 5.92 Å². The van der Waals surface area contributed by atoms with Crippen LogP contribution in [0.5, 0.6) is 0 Å². The molecule has 1 fully saturated rings. The number of hydrogen-bond donors (Lipinski definition) is 2. The summed E-state index contributed by atoms with van der Waals surface area (Å²) in [7, 11) is 1.68. The summed E-state index contributed by atoms with van der Waals surface area (Å²) < 4.78 is 5.06. The van der Waals surface area contributed by atoms with Gasteiger partial charge >= 0.3 is 0 Å². The largest absolute Gasteiger partial charge is 0.380 e. The Labute approximate surface area is 126 Å². The lowest BCUT2D eigenvalue weighted by Gasteiger charge is -2.11. The third kappa shape index (κ3) is 4.78. The average Bonchev–Trinajstić information content (AvgIpc) is 2.85. The van der Waals surface area contributed by atoms with E-state index in [1.807, 2.05) is 24.3 Å². The molecule has 20 heavy (non-hydrogen) atoms. The lowest BCUT2D eigenvalue weighted by Crippen LogP contribution is -2.29.